The molecular weight excluding hydrogens is 269 g/mol. The Labute approximate surface area is 106 Å². The molecule has 0 saturated carbocycles. The average Bonchev–Trinajstić information content (AvgIpc) is 2.20. The molecule has 1 N–H and O–H groups in total. The molecule has 0 bridgehead atoms. The van der Waals surface area contributed by atoms with Gasteiger partial charge < -0.3 is 0 Å². The van der Waals surface area contributed by atoms with E-state index in [1.165, 1.54) is 6.07 Å². The van der Waals surface area contributed by atoms with E-state index in [0.717, 1.165) is 6.42 Å². The van der Waals surface area contributed by atoms with E-state index in [1.807, 2.05) is 6.92 Å². The number of sulfonamides is 1. The average molecular weight is 282 g/mol. The molecule has 0 aliphatic rings. The van der Waals surface area contributed by atoms with Gasteiger partial charge in [-0.25, -0.2) is 8.42 Å². The Balaban J connectivity index is 2.83. The largest absolute Gasteiger partial charge is 0.282 e. The van der Waals surface area contributed by atoms with E-state index in [2.05, 4.69) is 4.72 Å². The molecule has 0 unspecified atom stereocenters. The van der Waals surface area contributed by atoms with Gasteiger partial charge in [0.2, 0.25) is 10.0 Å². The van der Waals surface area contributed by atoms with Crippen LogP contribution in [0.2, 0.25) is 10.0 Å². The monoisotopic (exact) mass is 281 g/mol. The standard InChI is InChI=1S/C10H13Cl2NO2S/c1-2-3-6-16(14,15)13-10-7-8(11)4-5-9(10)12/h4-5,7,13H,2-3,6H2,1H3. The zero-order valence-corrected chi connectivity index (χ0v) is 11.2. The molecule has 90 valence electrons. The molecule has 0 aliphatic heterocycles. The molecule has 6 heteroatoms. The van der Waals surface area contributed by atoms with Crippen molar-refractivity contribution < 1.29 is 8.42 Å². The molecule has 0 fully saturated rings. The number of halogens is 2. The minimum atomic E-state index is -3.33. The molecule has 0 spiro atoms. The highest BCUT2D eigenvalue weighted by atomic mass is 35.5. The third kappa shape index (κ3) is 4.20. The first-order chi connectivity index (χ1) is 7.44. The summed E-state index contributed by atoms with van der Waals surface area (Å²) in [5.74, 6) is 0.0896. The lowest BCUT2D eigenvalue weighted by Gasteiger charge is -2.09. The van der Waals surface area contributed by atoms with E-state index in [9.17, 15) is 8.42 Å². The molecule has 3 nitrogen and oxygen atoms in total. The summed E-state index contributed by atoms with van der Waals surface area (Å²) in [5.41, 5.74) is 0.324. The zero-order chi connectivity index (χ0) is 12.2. The molecule has 1 aromatic rings. The Morgan fingerprint density at radius 1 is 1.31 bits per heavy atom. The van der Waals surface area contributed by atoms with Gasteiger partial charge >= 0.3 is 0 Å². The molecule has 16 heavy (non-hydrogen) atoms. The predicted octanol–water partition coefficient (Wildman–Crippen LogP) is 3.54. The van der Waals surface area contributed by atoms with Gasteiger partial charge in [0.15, 0.2) is 0 Å². The van der Waals surface area contributed by atoms with Crippen molar-refractivity contribution in [2.24, 2.45) is 0 Å². The lowest BCUT2D eigenvalue weighted by molar-refractivity contribution is 0.598. The Bertz CT molecular complexity index is 460. The van der Waals surface area contributed by atoms with Gasteiger partial charge in [0.05, 0.1) is 16.5 Å². The van der Waals surface area contributed by atoms with Crippen molar-refractivity contribution in [1.29, 1.82) is 0 Å². The fourth-order valence-electron chi connectivity index (χ4n) is 1.13. The first kappa shape index (κ1) is 13.6. The summed E-state index contributed by atoms with van der Waals surface area (Å²) >= 11 is 11.6. The molecule has 0 aromatic heterocycles. The molecule has 1 aromatic carbocycles. The summed E-state index contributed by atoms with van der Waals surface area (Å²) in [5, 5.41) is 0.780. The minimum Gasteiger partial charge on any atom is -0.282 e. The number of hydrogen-bond acceptors (Lipinski definition) is 2. The Morgan fingerprint density at radius 3 is 2.62 bits per heavy atom. The maximum atomic E-state index is 11.6. The highest BCUT2D eigenvalue weighted by Gasteiger charge is 2.11. The quantitative estimate of drug-likeness (QED) is 0.897. The second kappa shape index (κ2) is 5.75. The molecule has 0 atom stereocenters. The van der Waals surface area contributed by atoms with Crippen LogP contribution in [0.15, 0.2) is 18.2 Å². The molecule has 1 rings (SSSR count). The van der Waals surface area contributed by atoms with Crippen molar-refractivity contribution in [3.63, 3.8) is 0 Å². The number of rotatable bonds is 5. The van der Waals surface area contributed by atoms with Gasteiger partial charge in [0.25, 0.3) is 0 Å². The summed E-state index contributed by atoms with van der Waals surface area (Å²) < 4.78 is 25.6. The fourth-order valence-corrected chi connectivity index (χ4v) is 2.80. The normalized spacial score (nSPS) is 11.4. The lowest BCUT2D eigenvalue weighted by Crippen LogP contribution is -2.16. The van der Waals surface area contributed by atoms with Crippen LogP contribution in [-0.2, 0) is 10.0 Å². The second-order valence-corrected chi connectivity index (χ2v) is 6.08. The van der Waals surface area contributed by atoms with Gasteiger partial charge in [-0.15, -0.1) is 0 Å². The molecule has 0 radical (unpaired) electrons. The van der Waals surface area contributed by atoms with Gasteiger partial charge in [0.1, 0.15) is 0 Å². The van der Waals surface area contributed by atoms with Crippen molar-refractivity contribution in [3.8, 4) is 0 Å². The van der Waals surface area contributed by atoms with Crippen molar-refractivity contribution >= 4 is 38.9 Å². The van der Waals surface area contributed by atoms with Crippen LogP contribution < -0.4 is 4.72 Å². The second-order valence-electron chi connectivity index (χ2n) is 3.40. The van der Waals surface area contributed by atoms with Gasteiger partial charge in [0, 0.05) is 5.02 Å². The van der Waals surface area contributed by atoms with Crippen LogP contribution in [0.4, 0.5) is 5.69 Å². The summed E-state index contributed by atoms with van der Waals surface area (Å²) in [6.07, 6.45) is 1.44. The van der Waals surface area contributed by atoms with E-state index in [4.69, 9.17) is 23.2 Å². The Hall–Kier alpha value is -0.450. The van der Waals surface area contributed by atoms with Gasteiger partial charge in [-0.05, 0) is 24.6 Å². The van der Waals surface area contributed by atoms with E-state index in [1.54, 1.807) is 12.1 Å². The highest BCUT2D eigenvalue weighted by molar-refractivity contribution is 7.92. The number of unbranched alkanes of at least 4 members (excludes halogenated alkanes) is 1. The van der Waals surface area contributed by atoms with Crippen molar-refractivity contribution in [1.82, 2.24) is 0 Å². The first-order valence-corrected chi connectivity index (χ1v) is 7.31. The van der Waals surface area contributed by atoms with Crippen LogP contribution in [0.3, 0.4) is 0 Å². The van der Waals surface area contributed by atoms with E-state index < -0.39 is 10.0 Å². The Morgan fingerprint density at radius 2 is 2.00 bits per heavy atom. The highest BCUT2D eigenvalue weighted by Crippen LogP contribution is 2.26. The van der Waals surface area contributed by atoms with Gasteiger partial charge in [-0.2, -0.15) is 0 Å². The zero-order valence-electron chi connectivity index (χ0n) is 8.83. The number of hydrogen-bond donors (Lipinski definition) is 1. The number of anilines is 1. The third-order valence-corrected chi connectivity index (χ3v) is 3.88. The smallest absolute Gasteiger partial charge is 0.232 e. The van der Waals surface area contributed by atoms with E-state index in [-0.39, 0.29) is 5.75 Å². The van der Waals surface area contributed by atoms with Crippen LogP contribution in [0, 0.1) is 0 Å². The van der Waals surface area contributed by atoms with Crippen LogP contribution in [0.5, 0.6) is 0 Å². The fraction of sp³-hybridized carbons (Fsp3) is 0.400. The molecule has 0 amide bonds. The SMILES string of the molecule is CCCCS(=O)(=O)Nc1cc(Cl)ccc1Cl. The van der Waals surface area contributed by atoms with Crippen molar-refractivity contribution in [2.45, 2.75) is 19.8 Å². The molecule has 0 heterocycles. The molecule has 0 saturated heterocycles. The van der Waals surface area contributed by atoms with Crippen LogP contribution >= 0.6 is 23.2 Å². The summed E-state index contributed by atoms with van der Waals surface area (Å²) in [7, 11) is -3.33. The summed E-state index contributed by atoms with van der Waals surface area (Å²) in [6, 6.07) is 4.66. The van der Waals surface area contributed by atoms with Gasteiger partial charge in [-0.1, -0.05) is 36.5 Å². The van der Waals surface area contributed by atoms with Gasteiger partial charge in [-0.3, -0.25) is 4.72 Å². The number of nitrogens with one attached hydrogen (secondary N) is 1. The lowest BCUT2D eigenvalue weighted by atomic mass is 10.3. The van der Waals surface area contributed by atoms with Crippen LogP contribution in [-0.4, -0.2) is 14.2 Å². The van der Waals surface area contributed by atoms with Crippen LogP contribution in [0.25, 0.3) is 0 Å². The van der Waals surface area contributed by atoms with Crippen molar-refractivity contribution in [2.75, 3.05) is 10.5 Å². The van der Waals surface area contributed by atoms with E-state index in [0.29, 0.717) is 22.2 Å². The van der Waals surface area contributed by atoms with Crippen LogP contribution in [0.1, 0.15) is 19.8 Å². The summed E-state index contributed by atoms with van der Waals surface area (Å²) in [6.45, 7) is 1.93. The maximum absolute atomic E-state index is 11.6. The molecule has 0 aliphatic carbocycles. The minimum absolute atomic E-state index is 0.0896. The molecular formula is C10H13Cl2NO2S. The Kier molecular flexibility index (Phi) is 4.89. The summed E-state index contributed by atoms with van der Waals surface area (Å²) in [4.78, 5) is 0. The third-order valence-electron chi connectivity index (χ3n) is 1.96. The van der Waals surface area contributed by atoms with E-state index >= 15 is 0 Å². The number of benzene rings is 1. The van der Waals surface area contributed by atoms with Crippen molar-refractivity contribution in [3.05, 3.63) is 28.2 Å². The maximum Gasteiger partial charge on any atom is 0.232 e. The topological polar surface area (TPSA) is 46.2 Å². The first-order valence-electron chi connectivity index (χ1n) is 4.90. The predicted molar refractivity (Wildman–Crippen MR) is 68.8 cm³/mol.